The zero-order chi connectivity index (χ0) is 16.1. The molecule has 0 aromatic heterocycles. The van der Waals surface area contributed by atoms with Gasteiger partial charge >= 0.3 is 0 Å². The van der Waals surface area contributed by atoms with Crippen molar-refractivity contribution in [3.05, 3.63) is 89.5 Å². The van der Waals surface area contributed by atoms with Crippen molar-refractivity contribution < 1.29 is 0 Å². The fraction of sp³-hybridized carbons (Fsp3) is 0.217. The second kappa shape index (κ2) is 5.24. The van der Waals surface area contributed by atoms with Gasteiger partial charge in [-0.1, -0.05) is 72.8 Å². The molecule has 1 heterocycles. The number of rotatable bonds is 1. The molecular formula is C23H21N. The van der Waals surface area contributed by atoms with Crippen molar-refractivity contribution in [1.82, 2.24) is 0 Å². The Morgan fingerprint density at radius 2 is 1.67 bits per heavy atom. The van der Waals surface area contributed by atoms with Gasteiger partial charge in [-0.15, -0.1) is 0 Å². The first-order valence-corrected chi connectivity index (χ1v) is 8.83. The Hall–Kier alpha value is -2.54. The second-order valence-corrected chi connectivity index (χ2v) is 7.08. The maximum atomic E-state index is 3.91. The van der Waals surface area contributed by atoms with Crippen LogP contribution in [0.4, 0.5) is 5.69 Å². The quantitative estimate of drug-likeness (QED) is 0.545. The summed E-state index contributed by atoms with van der Waals surface area (Å²) in [4.78, 5) is 0. The molecule has 118 valence electrons. The molecule has 1 heteroatoms. The van der Waals surface area contributed by atoms with Gasteiger partial charge < -0.3 is 5.32 Å². The Morgan fingerprint density at radius 3 is 2.62 bits per heavy atom. The Bertz CT molecular complexity index is 948. The van der Waals surface area contributed by atoms with E-state index in [1.54, 1.807) is 0 Å². The summed E-state index contributed by atoms with van der Waals surface area (Å²) in [6.45, 7) is 2.21. The number of para-hydroxylation sites is 1. The van der Waals surface area contributed by atoms with E-state index in [1.165, 1.54) is 33.2 Å². The summed E-state index contributed by atoms with van der Waals surface area (Å²) in [6.07, 6.45) is 5.94. The van der Waals surface area contributed by atoms with Gasteiger partial charge in [0.05, 0.1) is 6.04 Å². The summed E-state index contributed by atoms with van der Waals surface area (Å²) < 4.78 is 0. The third-order valence-corrected chi connectivity index (χ3v) is 5.76. The molecule has 0 radical (unpaired) electrons. The smallest absolute Gasteiger partial charge is 0.0560 e. The van der Waals surface area contributed by atoms with Crippen LogP contribution in [-0.2, 0) is 0 Å². The molecule has 0 saturated carbocycles. The summed E-state index contributed by atoms with van der Waals surface area (Å²) in [5.41, 5.74) is 5.57. The monoisotopic (exact) mass is 311 g/mol. The van der Waals surface area contributed by atoms with Crippen molar-refractivity contribution in [2.45, 2.75) is 25.3 Å². The van der Waals surface area contributed by atoms with Crippen LogP contribution in [0.5, 0.6) is 0 Å². The summed E-state index contributed by atoms with van der Waals surface area (Å²) in [7, 11) is 0. The molecule has 3 aromatic carbocycles. The van der Waals surface area contributed by atoms with Crippen LogP contribution in [0.15, 0.2) is 72.8 Å². The van der Waals surface area contributed by atoms with Crippen LogP contribution in [0.2, 0.25) is 0 Å². The van der Waals surface area contributed by atoms with Gasteiger partial charge in [-0.05, 0) is 46.7 Å². The lowest BCUT2D eigenvalue weighted by molar-refractivity contribution is 0.427. The number of aryl methyl sites for hydroxylation is 1. The predicted molar refractivity (Wildman–Crippen MR) is 101 cm³/mol. The molecule has 2 aliphatic rings. The van der Waals surface area contributed by atoms with Crippen molar-refractivity contribution in [2.75, 3.05) is 5.32 Å². The molecule has 0 amide bonds. The lowest BCUT2D eigenvalue weighted by atomic mass is 9.75. The summed E-state index contributed by atoms with van der Waals surface area (Å²) in [5.74, 6) is 1.13. The van der Waals surface area contributed by atoms with Gasteiger partial charge in [0.2, 0.25) is 0 Å². The highest BCUT2D eigenvalue weighted by atomic mass is 15.0. The van der Waals surface area contributed by atoms with Crippen molar-refractivity contribution >= 4 is 16.5 Å². The Kier molecular flexibility index (Phi) is 3.02. The molecule has 1 N–H and O–H groups in total. The van der Waals surface area contributed by atoms with E-state index in [4.69, 9.17) is 0 Å². The van der Waals surface area contributed by atoms with Crippen LogP contribution in [0, 0.1) is 12.8 Å². The normalized spacial score (nSPS) is 24.5. The van der Waals surface area contributed by atoms with Gasteiger partial charge in [-0.25, -0.2) is 0 Å². The van der Waals surface area contributed by atoms with Crippen LogP contribution < -0.4 is 5.32 Å². The number of allylic oxidation sites excluding steroid dienone is 2. The van der Waals surface area contributed by atoms with Crippen LogP contribution in [0.25, 0.3) is 10.8 Å². The van der Waals surface area contributed by atoms with Crippen LogP contribution >= 0.6 is 0 Å². The standard InChI is InChI=1S/C23H21N/c1-15-7-4-12-20-18-11-6-14-21(18)23(24-22(15)20)19-13-5-9-16-8-2-3-10-17(16)19/h2-13,18,21,23-24H,14H2,1H3/t18-,21-,23-/m0/s1. The topological polar surface area (TPSA) is 12.0 Å². The van der Waals surface area contributed by atoms with E-state index < -0.39 is 0 Å². The minimum atomic E-state index is 0.365. The molecule has 1 aliphatic heterocycles. The largest absolute Gasteiger partial charge is 0.377 e. The molecule has 5 rings (SSSR count). The number of hydrogen-bond donors (Lipinski definition) is 1. The van der Waals surface area contributed by atoms with E-state index in [0.29, 0.717) is 17.9 Å². The van der Waals surface area contributed by atoms with Crippen molar-refractivity contribution in [3.63, 3.8) is 0 Å². The Morgan fingerprint density at radius 1 is 0.875 bits per heavy atom. The molecule has 0 fully saturated rings. The summed E-state index contributed by atoms with van der Waals surface area (Å²) in [6, 6.07) is 22.5. The lowest BCUT2D eigenvalue weighted by Crippen LogP contribution is -2.29. The highest BCUT2D eigenvalue weighted by molar-refractivity contribution is 5.86. The molecule has 3 atom stereocenters. The Labute approximate surface area is 143 Å². The first-order chi connectivity index (χ1) is 11.8. The maximum absolute atomic E-state index is 3.91. The number of nitrogens with one attached hydrogen (secondary N) is 1. The minimum Gasteiger partial charge on any atom is -0.377 e. The second-order valence-electron chi connectivity index (χ2n) is 7.08. The van der Waals surface area contributed by atoms with E-state index in [9.17, 15) is 0 Å². The van der Waals surface area contributed by atoms with Gasteiger partial charge in [0.1, 0.15) is 0 Å². The molecule has 0 unspecified atom stereocenters. The van der Waals surface area contributed by atoms with Crippen molar-refractivity contribution in [1.29, 1.82) is 0 Å². The van der Waals surface area contributed by atoms with Crippen molar-refractivity contribution in [2.24, 2.45) is 5.92 Å². The third-order valence-electron chi connectivity index (χ3n) is 5.76. The van der Waals surface area contributed by atoms with Gasteiger partial charge in [0, 0.05) is 11.6 Å². The predicted octanol–water partition coefficient (Wildman–Crippen LogP) is 5.97. The van der Waals surface area contributed by atoms with E-state index in [1.807, 2.05) is 0 Å². The number of anilines is 1. The molecule has 3 aromatic rings. The fourth-order valence-electron chi connectivity index (χ4n) is 4.61. The highest BCUT2D eigenvalue weighted by Crippen LogP contribution is 2.51. The highest BCUT2D eigenvalue weighted by Gasteiger charge is 2.38. The summed E-state index contributed by atoms with van der Waals surface area (Å²) >= 11 is 0. The SMILES string of the molecule is Cc1cccc2c1N[C@@H](c1cccc3ccccc13)[C@H]1CC=C[C@@H]21. The minimum absolute atomic E-state index is 0.365. The molecule has 24 heavy (non-hydrogen) atoms. The average Bonchev–Trinajstić information content (AvgIpc) is 3.11. The van der Waals surface area contributed by atoms with Crippen molar-refractivity contribution in [3.8, 4) is 0 Å². The van der Waals surface area contributed by atoms with Gasteiger partial charge in [-0.2, -0.15) is 0 Å². The van der Waals surface area contributed by atoms with E-state index in [0.717, 1.165) is 6.42 Å². The first kappa shape index (κ1) is 13.9. The van der Waals surface area contributed by atoms with Gasteiger partial charge in [-0.3, -0.25) is 0 Å². The Balaban J connectivity index is 1.70. The molecule has 0 saturated heterocycles. The molecule has 1 aliphatic carbocycles. The molecule has 0 spiro atoms. The first-order valence-electron chi connectivity index (χ1n) is 8.83. The van der Waals surface area contributed by atoms with E-state index in [-0.39, 0.29) is 0 Å². The average molecular weight is 311 g/mol. The molecule has 0 bridgehead atoms. The number of benzene rings is 3. The van der Waals surface area contributed by atoms with E-state index >= 15 is 0 Å². The number of fused-ring (bicyclic) bond motifs is 4. The van der Waals surface area contributed by atoms with Crippen LogP contribution in [-0.4, -0.2) is 0 Å². The molecular weight excluding hydrogens is 290 g/mol. The fourth-order valence-corrected chi connectivity index (χ4v) is 4.61. The zero-order valence-corrected chi connectivity index (χ0v) is 13.9. The van der Waals surface area contributed by atoms with Gasteiger partial charge in [0.15, 0.2) is 0 Å². The van der Waals surface area contributed by atoms with Crippen LogP contribution in [0.3, 0.4) is 0 Å². The van der Waals surface area contributed by atoms with E-state index in [2.05, 4.69) is 85.1 Å². The summed E-state index contributed by atoms with van der Waals surface area (Å²) in [5, 5.41) is 6.61. The zero-order valence-electron chi connectivity index (χ0n) is 13.9. The molecule has 1 nitrogen and oxygen atoms in total. The maximum Gasteiger partial charge on any atom is 0.0560 e. The van der Waals surface area contributed by atoms with Gasteiger partial charge in [0.25, 0.3) is 0 Å². The third kappa shape index (κ3) is 1.94. The van der Waals surface area contributed by atoms with Crippen LogP contribution in [0.1, 0.15) is 35.1 Å². The number of hydrogen-bond acceptors (Lipinski definition) is 1. The lowest BCUT2D eigenvalue weighted by Gasteiger charge is -2.38.